The molecule has 132 valence electrons. The van der Waals surface area contributed by atoms with Gasteiger partial charge in [0.15, 0.2) is 0 Å². The van der Waals surface area contributed by atoms with E-state index in [1.165, 1.54) is 0 Å². The Balaban J connectivity index is 4.85. The SMILES string of the molecule is NC(CCC(CO)NC(CC(=O)O)C(=O)O)(CC(=O)O)C(=O)O. The summed E-state index contributed by atoms with van der Waals surface area (Å²) in [5, 5.41) is 46.8. The van der Waals surface area contributed by atoms with E-state index < -0.39 is 60.9 Å². The van der Waals surface area contributed by atoms with Gasteiger partial charge in [0.05, 0.1) is 19.4 Å². The number of aliphatic hydroxyl groups excluding tert-OH is 1. The maximum atomic E-state index is 11.1. The lowest BCUT2D eigenvalue weighted by Crippen LogP contribution is -2.52. The second kappa shape index (κ2) is 9.02. The lowest BCUT2D eigenvalue weighted by molar-refractivity contribution is -0.150. The highest BCUT2D eigenvalue weighted by atomic mass is 16.4. The first-order valence-electron chi connectivity index (χ1n) is 6.57. The van der Waals surface area contributed by atoms with Gasteiger partial charge >= 0.3 is 23.9 Å². The summed E-state index contributed by atoms with van der Waals surface area (Å²) in [6.07, 6.45) is -2.10. The van der Waals surface area contributed by atoms with Crippen LogP contribution in [0.1, 0.15) is 25.7 Å². The molecular weight excluding hydrogens is 316 g/mol. The molecule has 0 aliphatic rings. The van der Waals surface area contributed by atoms with Crippen LogP contribution in [0.15, 0.2) is 0 Å². The minimum Gasteiger partial charge on any atom is -0.481 e. The maximum Gasteiger partial charge on any atom is 0.324 e. The highest BCUT2D eigenvalue weighted by Crippen LogP contribution is 2.17. The van der Waals surface area contributed by atoms with Crippen LogP contribution in [0.5, 0.6) is 0 Å². The van der Waals surface area contributed by atoms with Gasteiger partial charge in [0.25, 0.3) is 0 Å². The lowest BCUT2D eigenvalue weighted by Gasteiger charge is -2.26. The molecular formula is C12H20N2O9. The molecule has 8 N–H and O–H groups in total. The number of nitrogens with one attached hydrogen (secondary N) is 1. The average Bonchev–Trinajstić information content (AvgIpc) is 2.40. The van der Waals surface area contributed by atoms with Gasteiger partial charge < -0.3 is 31.3 Å². The van der Waals surface area contributed by atoms with Crippen molar-refractivity contribution in [2.45, 2.75) is 43.3 Å². The van der Waals surface area contributed by atoms with Gasteiger partial charge in [0, 0.05) is 6.04 Å². The zero-order valence-electron chi connectivity index (χ0n) is 12.1. The van der Waals surface area contributed by atoms with Crippen molar-refractivity contribution in [2.75, 3.05) is 6.61 Å². The summed E-state index contributed by atoms with van der Waals surface area (Å²) >= 11 is 0. The summed E-state index contributed by atoms with van der Waals surface area (Å²) in [6.45, 7) is -0.605. The zero-order chi connectivity index (χ0) is 18.2. The van der Waals surface area contributed by atoms with Gasteiger partial charge in [-0.25, -0.2) is 0 Å². The smallest absolute Gasteiger partial charge is 0.324 e. The first kappa shape index (κ1) is 20.8. The fraction of sp³-hybridized carbons (Fsp3) is 0.667. The fourth-order valence-corrected chi connectivity index (χ4v) is 1.88. The summed E-state index contributed by atoms with van der Waals surface area (Å²) in [7, 11) is 0. The van der Waals surface area contributed by atoms with Crippen LogP contribution >= 0.6 is 0 Å². The second-order valence-corrected chi connectivity index (χ2v) is 5.11. The lowest BCUT2D eigenvalue weighted by atomic mass is 9.89. The Labute approximate surface area is 130 Å². The Morgan fingerprint density at radius 1 is 1.04 bits per heavy atom. The van der Waals surface area contributed by atoms with Crippen molar-refractivity contribution in [2.24, 2.45) is 5.73 Å². The summed E-state index contributed by atoms with van der Waals surface area (Å²) in [5.74, 6) is -5.78. The van der Waals surface area contributed by atoms with Gasteiger partial charge in [-0.3, -0.25) is 24.5 Å². The summed E-state index contributed by atoms with van der Waals surface area (Å²) in [6, 6.07) is -2.44. The van der Waals surface area contributed by atoms with E-state index in [4.69, 9.17) is 26.2 Å². The van der Waals surface area contributed by atoms with E-state index in [-0.39, 0.29) is 12.8 Å². The third-order valence-corrected chi connectivity index (χ3v) is 3.17. The Morgan fingerprint density at radius 3 is 1.96 bits per heavy atom. The van der Waals surface area contributed by atoms with E-state index in [1.54, 1.807) is 0 Å². The van der Waals surface area contributed by atoms with Gasteiger partial charge in [-0.1, -0.05) is 0 Å². The molecule has 23 heavy (non-hydrogen) atoms. The standard InChI is InChI=1S/C12H20N2O9/c13-12(11(22)23,4-9(18)19)2-1-6(5-15)14-7(10(20)21)3-8(16)17/h6-7,14-15H,1-5,13H2,(H,16,17)(H,18,19)(H,20,21)(H,22,23). The summed E-state index contributed by atoms with van der Waals surface area (Å²) < 4.78 is 0. The molecule has 0 spiro atoms. The Hall–Kier alpha value is -2.24. The van der Waals surface area contributed by atoms with Crippen LogP contribution in [-0.2, 0) is 19.2 Å². The van der Waals surface area contributed by atoms with Crippen molar-refractivity contribution >= 4 is 23.9 Å². The van der Waals surface area contributed by atoms with Gasteiger partial charge in [-0.2, -0.15) is 0 Å². The van der Waals surface area contributed by atoms with E-state index >= 15 is 0 Å². The van der Waals surface area contributed by atoms with Crippen LogP contribution in [-0.4, -0.2) is 73.6 Å². The Kier molecular flexibility index (Phi) is 8.15. The van der Waals surface area contributed by atoms with Crippen LogP contribution in [0.4, 0.5) is 0 Å². The predicted octanol–water partition coefficient (Wildman–Crippen LogP) is -2.10. The quantitative estimate of drug-likeness (QED) is 0.205. The van der Waals surface area contributed by atoms with Crippen molar-refractivity contribution in [1.82, 2.24) is 5.32 Å². The molecule has 0 saturated heterocycles. The highest BCUT2D eigenvalue weighted by molar-refractivity contribution is 5.84. The highest BCUT2D eigenvalue weighted by Gasteiger charge is 2.37. The molecule has 0 aliphatic heterocycles. The van der Waals surface area contributed by atoms with Crippen molar-refractivity contribution < 1.29 is 44.7 Å². The van der Waals surface area contributed by atoms with E-state index in [9.17, 15) is 24.3 Å². The second-order valence-electron chi connectivity index (χ2n) is 5.11. The number of carboxylic acid groups (broad SMARTS) is 4. The molecule has 0 aromatic carbocycles. The van der Waals surface area contributed by atoms with E-state index in [0.717, 1.165) is 0 Å². The molecule has 3 unspecified atom stereocenters. The van der Waals surface area contributed by atoms with Crippen LogP contribution < -0.4 is 11.1 Å². The first-order chi connectivity index (χ1) is 10.5. The monoisotopic (exact) mass is 336 g/mol. The molecule has 0 bridgehead atoms. The first-order valence-corrected chi connectivity index (χ1v) is 6.57. The zero-order valence-corrected chi connectivity index (χ0v) is 12.1. The molecule has 0 rings (SSSR count). The fourth-order valence-electron chi connectivity index (χ4n) is 1.88. The third-order valence-electron chi connectivity index (χ3n) is 3.17. The molecule has 11 heteroatoms. The number of hydrogen-bond acceptors (Lipinski definition) is 7. The molecule has 0 radical (unpaired) electrons. The number of aliphatic carboxylic acids is 4. The average molecular weight is 336 g/mol. The van der Waals surface area contributed by atoms with E-state index in [1.807, 2.05) is 0 Å². The largest absolute Gasteiger partial charge is 0.481 e. The molecule has 11 nitrogen and oxygen atoms in total. The van der Waals surface area contributed by atoms with Gasteiger partial charge in [0.2, 0.25) is 0 Å². The Morgan fingerprint density at radius 2 is 1.61 bits per heavy atom. The third kappa shape index (κ3) is 7.54. The number of aliphatic hydroxyl groups is 1. The number of rotatable bonds is 12. The van der Waals surface area contributed by atoms with E-state index in [0.29, 0.717) is 0 Å². The summed E-state index contributed by atoms with van der Waals surface area (Å²) in [5.41, 5.74) is 3.44. The molecule has 0 amide bonds. The maximum absolute atomic E-state index is 11.1. The van der Waals surface area contributed by atoms with Crippen molar-refractivity contribution in [3.8, 4) is 0 Å². The minimum absolute atomic E-state index is 0.157. The molecule has 0 aromatic heterocycles. The van der Waals surface area contributed by atoms with Crippen LogP contribution in [0.2, 0.25) is 0 Å². The summed E-state index contributed by atoms with van der Waals surface area (Å²) in [4.78, 5) is 43.3. The minimum atomic E-state index is -2.08. The van der Waals surface area contributed by atoms with Crippen LogP contribution in [0.3, 0.4) is 0 Å². The predicted molar refractivity (Wildman–Crippen MR) is 73.7 cm³/mol. The number of hydrogen-bond donors (Lipinski definition) is 7. The van der Waals surface area contributed by atoms with Crippen molar-refractivity contribution in [3.63, 3.8) is 0 Å². The van der Waals surface area contributed by atoms with Crippen molar-refractivity contribution in [1.29, 1.82) is 0 Å². The topological polar surface area (TPSA) is 207 Å². The number of carbonyl (C=O) groups is 4. The molecule has 3 atom stereocenters. The molecule has 0 heterocycles. The van der Waals surface area contributed by atoms with Gasteiger partial charge in [-0.05, 0) is 12.8 Å². The van der Waals surface area contributed by atoms with Crippen LogP contribution in [0, 0.1) is 0 Å². The molecule has 0 saturated carbocycles. The molecule has 0 aromatic rings. The van der Waals surface area contributed by atoms with Crippen LogP contribution in [0.25, 0.3) is 0 Å². The molecule has 0 aliphatic carbocycles. The molecule has 0 fully saturated rings. The Bertz CT molecular complexity index is 467. The van der Waals surface area contributed by atoms with Gasteiger partial charge in [0.1, 0.15) is 11.6 Å². The normalized spacial score (nSPS) is 16.1. The number of carboxylic acids is 4. The van der Waals surface area contributed by atoms with Gasteiger partial charge in [-0.15, -0.1) is 0 Å². The number of nitrogens with two attached hydrogens (primary N) is 1. The van der Waals surface area contributed by atoms with Crippen molar-refractivity contribution in [3.05, 3.63) is 0 Å². The van der Waals surface area contributed by atoms with E-state index in [2.05, 4.69) is 5.32 Å².